The highest BCUT2D eigenvalue weighted by Gasteiger charge is 2.46. The molecular weight excluding hydrogens is 390 g/mol. The lowest BCUT2D eigenvalue weighted by molar-refractivity contribution is -0.118. The van der Waals surface area contributed by atoms with Crippen molar-refractivity contribution in [2.45, 2.75) is 25.3 Å². The van der Waals surface area contributed by atoms with E-state index in [1.165, 1.54) is 12.1 Å². The Kier molecular flexibility index (Phi) is 5.85. The predicted molar refractivity (Wildman–Crippen MR) is 110 cm³/mol. The minimum absolute atomic E-state index is 0. The van der Waals surface area contributed by atoms with E-state index in [0.717, 1.165) is 41.0 Å². The third-order valence-corrected chi connectivity index (χ3v) is 4.82. The van der Waals surface area contributed by atoms with Gasteiger partial charge >= 0.3 is 0 Å². The molecule has 0 saturated heterocycles. The second-order valence-corrected chi connectivity index (χ2v) is 6.77. The molecule has 144 valence electrons. The van der Waals surface area contributed by atoms with Crippen LogP contribution in [0.3, 0.4) is 0 Å². The molecule has 0 radical (unpaired) electrons. The van der Waals surface area contributed by atoms with Crippen molar-refractivity contribution in [3.05, 3.63) is 47.8 Å². The number of aryl methyl sites for hydroxylation is 2. The number of hydrogen-bond acceptors (Lipinski definition) is 3. The van der Waals surface area contributed by atoms with E-state index in [2.05, 4.69) is 10.3 Å². The molecule has 0 unspecified atom stereocenters. The van der Waals surface area contributed by atoms with E-state index in [0.29, 0.717) is 5.52 Å². The Morgan fingerprint density at radius 2 is 1.93 bits per heavy atom. The molecule has 0 bridgehead atoms. The fourth-order valence-electron chi connectivity index (χ4n) is 2.98. The number of nitrogens with zero attached hydrogens (tertiary/aromatic N) is 2. The van der Waals surface area contributed by atoms with E-state index in [1.54, 1.807) is 6.07 Å². The minimum atomic E-state index is -0.702. The van der Waals surface area contributed by atoms with E-state index < -0.39 is 5.54 Å². The number of carbonyl (C=O) groups excluding carboxylic acids is 1. The highest BCUT2D eigenvalue weighted by atomic mass is 35.5. The van der Waals surface area contributed by atoms with Crippen LogP contribution in [0.25, 0.3) is 22.4 Å². The number of carbonyl (C=O) groups is 1. The van der Waals surface area contributed by atoms with E-state index in [1.807, 2.05) is 36.7 Å². The number of amides is 1. The standard InChI is InChI=1S/C19H19FN4O.2ClH/c1-11-9-12(3-5-14(11)23-18(25)19(21)7-8-19)17-22-15-10-13(20)4-6-16(15)24(17)2;;/h3-6,9-10H,7-8,21H2,1-2H3,(H,23,25);2*1H. The summed E-state index contributed by atoms with van der Waals surface area (Å²) >= 11 is 0. The molecule has 3 N–H and O–H groups in total. The summed E-state index contributed by atoms with van der Waals surface area (Å²) in [7, 11) is 1.90. The molecule has 1 heterocycles. The first kappa shape index (κ1) is 21.2. The minimum Gasteiger partial charge on any atom is -0.327 e. The van der Waals surface area contributed by atoms with Crippen LogP contribution in [-0.2, 0) is 11.8 Å². The maximum Gasteiger partial charge on any atom is 0.244 e. The first-order valence-electron chi connectivity index (χ1n) is 8.21. The van der Waals surface area contributed by atoms with Gasteiger partial charge in [-0.1, -0.05) is 0 Å². The van der Waals surface area contributed by atoms with Crippen molar-refractivity contribution in [3.8, 4) is 11.4 Å². The second kappa shape index (κ2) is 7.46. The van der Waals surface area contributed by atoms with Gasteiger partial charge in [-0.2, -0.15) is 0 Å². The van der Waals surface area contributed by atoms with Gasteiger partial charge in [0.05, 0.1) is 16.6 Å². The van der Waals surface area contributed by atoms with Crippen LogP contribution in [0.5, 0.6) is 0 Å². The largest absolute Gasteiger partial charge is 0.327 e. The van der Waals surface area contributed by atoms with Crippen LogP contribution >= 0.6 is 24.8 Å². The third-order valence-electron chi connectivity index (χ3n) is 4.82. The summed E-state index contributed by atoms with van der Waals surface area (Å²) in [5.74, 6) is 0.308. The van der Waals surface area contributed by atoms with Crippen LogP contribution in [0.1, 0.15) is 18.4 Å². The highest BCUT2D eigenvalue weighted by Crippen LogP contribution is 2.34. The van der Waals surface area contributed by atoms with Gasteiger partial charge in [0.15, 0.2) is 0 Å². The molecule has 0 atom stereocenters. The lowest BCUT2D eigenvalue weighted by Crippen LogP contribution is -2.37. The van der Waals surface area contributed by atoms with Crippen LogP contribution in [0, 0.1) is 12.7 Å². The van der Waals surface area contributed by atoms with Crippen molar-refractivity contribution in [2.75, 3.05) is 5.32 Å². The van der Waals surface area contributed by atoms with Crippen molar-refractivity contribution in [1.82, 2.24) is 9.55 Å². The molecule has 1 amide bonds. The molecule has 2 aromatic carbocycles. The van der Waals surface area contributed by atoms with Crippen molar-refractivity contribution in [3.63, 3.8) is 0 Å². The SMILES string of the molecule is Cc1cc(-c2nc3cc(F)ccc3n2C)ccc1NC(=O)C1(N)CC1.Cl.Cl. The molecule has 27 heavy (non-hydrogen) atoms. The van der Waals surface area contributed by atoms with Gasteiger partial charge in [0.2, 0.25) is 5.91 Å². The average Bonchev–Trinajstić information content (AvgIpc) is 3.25. The van der Waals surface area contributed by atoms with Crippen LogP contribution in [0.2, 0.25) is 0 Å². The zero-order valence-corrected chi connectivity index (χ0v) is 16.6. The van der Waals surface area contributed by atoms with E-state index in [4.69, 9.17) is 5.73 Å². The number of nitrogens with two attached hydrogens (primary N) is 1. The number of halogens is 3. The Morgan fingerprint density at radius 1 is 1.22 bits per heavy atom. The molecule has 8 heteroatoms. The number of anilines is 1. The van der Waals surface area contributed by atoms with E-state index in [-0.39, 0.29) is 36.5 Å². The second-order valence-electron chi connectivity index (χ2n) is 6.77. The smallest absolute Gasteiger partial charge is 0.244 e. The quantitative estimate of drug-likeness (QED) is 0.685. The van der Waals surface area contributed by atoms with Crippen molar-refractivity contribution < 1.29 is 9.18 Å². The number of imidazole rings is 1. The molecule has 1 aliphatic carbocycles. The zero-order chi connectivity index (χ0) is 17.8. The van der Waals surface area contributed by atoms with E-state index >= 15 is 0 Å². The highest BCUT2D eigenvalue weighted by molar-refractivity contribution is 6.00. The van der Waals surface area contributed by atoms with Crippen LogP contribution < -0.4 is 11.1 Å². The summed E-state index contributed by atoms with van der Waals surface area (Å²) in [5, 5.41) is 2.90. The van der Waals surface area contributed by atoms with Gasteiger partial charge in [-0.25, -0.2) is 9.37 Å². The number of hydrogen-bond donors (Lipinski definition) is 2. The first-order chi connectivity index (χ1) is 11.9. The van der Waals surface area contributed by atoms with Crippen LogP contribution in [0.4, 0.5) is 10.1 Å². The molecule has 4 rings (SSSR count). The Hall–Kier alpha value is -2.15. The molecule has 0 spiro atoms. The summed E-state index contributed by atoms with van der Waals surface area (Å²) in [6, 6.07) is 10.3. The van der Waals surface area contributed by atoms with Gasteiger partial charge in [-0.15, -0.1) is 24.8 Å². The predicted octanol–water partition coefficient (Wildman–Crippen LogP) is 3.96. The Morgan fingerprint density at radius 3 is 2.56 bits per heavy atom. The Bertz CT molecular complexity index is 1010. The number of fused-ring (bicyclic) bond motifs is 1. The Labute approximate surface area is 169 Å². The molecule has 3 aromatic rings. The molecule has 1 aliphatic rings. The first-order valence-corrected chi connectivity index (χ1v) is 8.21. The maximum absolute atomic E-state index is 13.4. The van der Waals surface area contributed by atoms with Crippen molar-refractivity contribution >= 4 is 47.4 Å². The fourth-order valence-corrected chi connectivity index (χ4v) is 2.98. The molecule has 1 saturated carbocycles. The summed E-state index contributed by atoms with van der Waals surface area (Å²) in [6.45, 7) is 1.93. The topological polar surface area (TPSA) is 72.9 Å². The lowest BCUT2D eigenvalue weighted by Gasteiger charge is -2.13. The number of nitrogens with one attached hydrogen (secondary N) is 1. The zero-order valence-electron chi connectivity index (χ0n) is 15.0. The normalized spacial score (nSPS) is 14.2. The molecule has 0 aliphatic heterocycles. The lowest BCUT2D eigenvalue weighted by atomic mass is 10.1. The summed E-state index contributed by atoms with van der Waals surface area (Å²) in [4.78, 5) is 16.7. The Balaban J connectivity index is 0.00000131. The summed E-state index contributed by atoms with van der Waals surface area (Å²) in [6.07, 6.45) is 1.46. The monoisotopic (exact) mass is 410 g/mol. The molecule has 1 fully saturated rings. The number of aromatic nitrogens is 2. The van der Waals surface area contributed by atoms with Gasteiger partial charge in [0, 0.05) is 24.4 Å². The molecule has 1 aromatic heterocycles. The van der Waals surface area contributed by atoms with Crippen LogP contribution in [-0.4, -0.2) is 21.0 Å². The molecular formula is C19H21Cl2FN4O. The number of benzene rings is 2. The number of rotatable bonds is 3. The summed E-state index contributed by atoms with van der Waals surface area (Å²) < 4.78 is 15.4. The van der Waals surface area contributed by atoms with Gasteiger partial charge in [-0.3, -0.25) is 4.79 Å². The van der Waals surface area contributed by atoms with E-state index in [9.17, 15) is 9.18 Å². The van der Waals surface area contributed by atoms with Crippen molar-refractivity contribution in [1.29, 1.82) is 0 Å². The van der Waals surface area contributed by atoms with Crippen LogP contribution in [0.15, 0.2) is 36.4 Å². The van der Waals surface area contributed by atoms with Crippen molar-refractivity contribution in [2.24, 2.45) is 12.8 Å². The summed E-state index contributed by atoms with van der Waals surface area (Å²) in [5.41, 5.74) is 9.29. The molecule has 5 nitrogen and oxygen atoms in total. The van der Waals surface area contributed by atoms with Gasteiger partial charge in [0.25, 0.3) is 0 Å². The van der Waals surface area contributed by atoms with Gasteiger partial charge in [-0.05, 0) is 55.7 Å². The van der Waals surface area contributed by atoms with Gasteiger partial charge < -0.3 is 15.6 Å². The van der Waals surface area contributed by atoms with Gasteiger partial charge in [0.1, 0.15) is 11.6 Å². The third kappa shape index (κ3) is 3.78. The average molecular weight is 411 g/mol. The maximum atomic E-state index is 13.4. The fraction of sp³-hybridized carbons (Fsp3) is 0.263.